The molecule has 0 amide bonds. The summed E-state index contributed by atoms with van der Waals surface area (Å²) >= 11 is 1.82. The topological polar surface area (TPSA) is 25.3 Å². The van der Waals surface area contributed by atoms with Gasteiger partial charge in [-0.05, 0) is 118 Å². The normalized spacial score (nSPS) is 12.9. The Morgan fingerprint density at radius 3 is 0.967 bits per heavy atom. The molecule has 3 rings (SSSR count). The molecule has 0 bridgehead atoms. The Morgan fingerprint density at radius 1 is 0.367 bits per heavy atom. The fourth-order valence-corrected chi connectivity index (χ4v) is 9.50. The average molecular weight is 868 g/mol. The summed E-state index contributed by atoms with van der Waals surface area (Å²) in [5.74, 6) is 0. The van der Waals surface area contributed by atoms with Crippen LogP contribution in [0.2, 0.25) is 10.8 Å². The minimum atomic E-state index is 1.03. The number of unbranched alkanes of at least 4 members (excludes halogenated alkanes) is 21. The van der Waals surface area contributed by atoms with E-state index in [0.29, 0.717) is 0 Å². The summed E-state index contributed by atoms with van der Waals surface area (Å²) in [5, 5.41) is 2.56. The van der Waals surface area contributed by atoms with E-state index in [1.165, 1.54) is 222 Å². The van der Waals surface area contributed by atoms with E-state index in [9.17, 15) is 5.53 Å². The Labute approximate surface area is 380 Å². The van der Waals surface area contributed by atoms with Gasteiger partial charge in [0.05, 0.1) is 0 Å². The summed E-state index contributed by atoms with van der Waals surface area (Å²) in [6.45, 7) is 18.2. The second kappa shape index (κ2) is 35.5. The van der Waals surface area contributed by atoms with E-state index in [4.69, 9.17) is 0 Å². The van der Waals surface area contributed by atoms with Gasteiger partial charge >= 0.3 is 39.1 Å². The van der Waals surface area contributed by atoms with Crippen molar-refractivity contribution in [3.8, 4) is 0 Å². The number of hydrogen-bond donors (Lipinski definition) is 0. The van der Waals surface area contributed by atoms with Gasteiger partial charge in [0, 0.05) is 22.3 Å². The van der Waals surface area contributed by atoms with Crippen molar-refractivity contribution >= 4 is 11.4 Å². The van der Waals surface area contributed by atoms with Crippen LogP contribution in [0.1, 0.15) is 262 Å². The molecule has 344 valence electrons. The minimum absolute atomic E-state index is 1.03. The third kappa shape index (κ3) is 21.9. The summed E-state index contributed by atoms with van der Waals surface area (Å²) in [7, 11) is 0. The van der Waals surface area contributed by atoms with Gasteiger partial charge in [-0.15, -0.1) is 0 Å². The molecule has 0 aliphatic carbocycles. The summed E-state index contributed by atoms with van der Waals surface area (Å²) in [6, 6.07) is 14.8. The molecule has 0 saturated heterocycles. The van der Waals surface area contributed by atoms with Gasteiger partial charge in [0.15, 0.2) is 0 Å². The Bertz CT molecular complexity index is 1480. The van der Waals surface area contributed by atoms with E-state index < -0.39 is 0 Å². The van der Waals surface area contributed by atoms with Gasteiger partial charge in [0.2, 0.25) is 11.4 Å². The van der Waals surface area contributed by atoms with Crippen LogP contribution in [0.5, 0.6) is 0 Å². The molecule has 1 aliphatic rings. The first-order valence-electron chi connectivity index (χ1n) is 26.0. The van der Waals surface area contributed by atoms with Crippen LogP contribution in [0, 0.1) is 0 Å². The zero-order valence-electron chi connectivity index (χ0n) is 41.0. The molecule has 0 spiro atoms. The first kappa shape index (κ1) is 54.1. The summed E-state index contributed by atoms with van der Waals surface area (Å²) < 4.78 is 1.65. The van der Waals surface area contributed by atoms with Crippen LogP contribution in [-0.4, -0.2) is 4.70 Å². The predicted octanol–water partition coefficient (Wildman–Crippen LogP) is 19.6. The first-order chi connectivity index (χ1) is 29.4. The number of allylic oxidation sites excluding steroid dienone is 2. The van der Waals surface area contributed by atoms with E-state index in [0.717, 1.165) is 43.5 Å². The molecule has 0 radical (unpaired) electrons. The number of rotatable bonds is 35. The molecule has 0 saturated carbocycles. The van der Waals surface area contributed by atoms with Crippen molar-refractivity contribution in [2.45, 2.75) is 265 Å². The molecule has 3 heteroatoms. The van der Waals surface area contributed by atoms with E-state index in [1.807, 2.05) is 14.4 Å². The van der Waals surface area contributed by atoms with Crippen molar-refractivity contribution in [2.24, 2.45) is 0 Å². The Morgan fingerprint density at radius 2 is 0.650 bits per heavy atom. The monoisotopic (exact) mass is 867 g/mol. The molecule has 0 unspecified atom stereocenters. The van der Waals surface area contributed by atoms with Crippen LogP contribution in [-0.2, 0) is 40.1 Å². The molecule has 0 atom stereocenters. The summed E-state index contributed by atoms with van der Waals surface area (Å²) in [5.41, 5.74) is 25.5. The van der Waals surface area contributed by atoms with Gasteiger partial charge in [-0.2, -0.15) is 0 Å². The molecule has 60 heavy (non-hydrogen) atoms. The van der Waals surface area contributed by atoms with Crippen molar-refractivity contribution in [3.05, 3.63) is 86.5 Å². The van der Waals surface area contributed by atoms with Crippen molar-refractivity contribution in [1.29, 1.82) is 0 Å². The number of hydrogen-bond acceptors (Lipinski definition) is 0. The fourth-order valence-electron chi connectivity index (χ4n) is 9.01. The predicted molar refractivity (Wildman–Crippen MR) is 265 cm³/mol. The molecule has 1 aliphatic heterocycles. The molecule has 0 N–H and O–H groups in total. The van der Waals surface area contributed by atoms with Crippen molar-refractivity contribution in [2.75, 3.05) is 0 Å². The van der Waals surface area contributed by atoms with Gasteiger partial charge in [0.1, 0.15) is 0 Å². The molecular weight excluding hydrogens is 771 g/mol. The molecule has 2 aromatic carbocycles. The van der Waals surface area contributed by atoms with E-state index >= 15 is 0 Å². The third-order valence-corrected chi connectivity index (χ3v) is 13.5. The van der Waals surface area contributed by atoms with E-state index in [1.54, 1.807) is 4.70 Å². The van der Waals surface area contributed by atoms with Crippen LogP contribution in [0.3, 0.4) is 0 Å². The Hall–Kier alpha value is -1.99. The third-order valence-electron chi connectivity index (χ3n) is 12.5. The summed E-state index contributed by atoms with van der Waals surface area (Å²) in [6.07, 6.45) is 39.4. The first-order valence-corrected chi connectivity index (χ1v) is 27.4. The molecule has 0 fully saturated rings. The van der Waals surface area contributed by atoms with Gasteiger partial charge in [-0.1, -0.05) is 182 Å². The maximum absolute atomic E-state index is 12.5. The zero-order chi connectivity index (χ0) is 43.6. The maximum atomic E-state index is 12.5. The fraction of sp³-hybridized carbons (Fsp3) is 0.719. The average Bonchev–Trinajstić information content (AvgIpc) is 3.50. The van der Waals surface area contributed by atoms with Gasteiger partial charge < -0.3 is 5.53 Å². The summed E-state index contributed by atoms with van der Waals surface area (Å²) in [4.78, 5) is 0. The van der Waals surface area contributed by atoms with Crippen molar-refractivity contribution < 1.29 is 19.1 Å². The van der Waals surface area contributed by atoms with Crippen LogP contribution in [0.4, 0.5) is 0 Å². The van der Waals surface area contributed by atoms with Gasteiger partial charge in [-0.25, -0.2) is 4.70 Å². The standard InChI is InChI=1S/C53H86N2.2C2H5.Ni/c1-7-12-17-22-25-30-35-46-38-45(33-28-20-15-10-4)40-49(41-46)52-44(6)51(37-32-27-24-19-14-9-3)53(55(52)54)50-42-47(34-29-21-16-11-5)39-48(43-50)36-31-26-23-18-13-8-2;2*1-2;/h38-43H,7-37H2,1-6H3;2*1H2,2H3;. The second-order valence-corrected chi connectivity index (χ2v) is 19.9. The van der Waals surface area contributed by atoms with Crippen LogP contribution < -0.4 is 0 Å². The van der Waals surface area contributed by atoms with Crippen LogP contribution >= 0.6 is 0 Å². The quantitative estimate of drug-likeness (QED) is 0.0375. The molecule has 2 aromatic rings. The van der Waals surface area contributed by atoms with E-state index in [-0.39, 0.29) is 0 Å². The second-order valence-electron chi connectivity index (χ2n) is 18.0. The number of aryl methyl sites for hydroxylation is 4. The van der Waals surface area contributed by atoms with Gasteiger partial charge in [0.25, 0.3) is 0 Å². The van der Waals surface area contributed by atoms with Crippen molar-refractivity contribution in [1.82, 2.24) is 0 Å². The van der Waals surface area contributed by atoms with Crippen LogP contribution in [0.15, 0.2) is 47.5 Å². The zero-order valence-corrected chi connectivity index (χ0v) is 42.0. The van der Waals surface area contributed by atoms with Gasteiger partial charge in [-0.3, -0.25) is 0 Å². The SMILES string of the molecule is CCCCCCCCC1=C(c2cc(CCCCCC)cc(CCCCCCCC)c2)[N+](=[N-])C(c2cc(CCCCCC)cc(CCCCCCCC)c2)=C1C.C[CH2][Ni][CH2]C. The molecule has 0 aromatic heterocycles. The molecule has 2 nitrogen and oxygen atoms in total. The Kier molecular flexibility index (Phi) is 32.0. The van der Waals surface area contributed by atoms with Crippen molar-refractivity contribution in [3.63, 3.8) is 0 Å². The number of benzene rings is 2. The Balaban J connectivity index is 0.00000233. The molecule has 1 heterocycles. The molecular formula is C57H96N2Ni. The number of nitrogens with zero attached hydrogens (tertiary/aromatic N) is 2. The van der Waals surface area contributed by atoms with Crippen LogP contribution in [0.25, 0.3) is 16.9 Å². The van der Waals surface area contributed by atoms with E-state index in [2.05, 4.69) is 91.8 Å².